The molecule has 2 aromatic rings. The molecular formula is C20H22N4O5. The fourth-order valence-corrected chi connectivity index (χ4v) is 4.03. The fraction of sp³-hybridized carbons (Fsp3) is 0.450. The van der Waals surface area contributed by atoms with E-state index in [4.69, 9.17) is 10.5 Å². The normalized spacial score (nSPS) is 18.5. The van der Waals surface area contributed by atoms with E-state index < -0.39 is 30.4 Å². The van der Waals surface area contributed by atoms with Crippen LogP contribution in [0.1, 0.15) is 41.9 Å². The zero-order valence-corrected chi connectivity index (χ0v) is 15.9. The Labute approximate surface area is 166 Å². The van der Waals surface area contributed by atoms with Gasteiger partial charge in [-0.15, -0.1) is 0 Å². The summed E-state index contributed by atoms with van der Waals surface area (Å²) in [6.07, 6.45) is 3.72. The van der Waals surface area contributed by atoms with Crippen molar-refractivity contribution >= 4 is 28.7 Å². The van der Waals surface area contributed by atoms with Gasteiger partial charge in [0.15, 0.2) is 6.61 Å². The second-order valence-corrected chi connectivity index (χ2v) is 7.40. The molecule has 1 aromatic carbocycles. The van der Waals surface area contributed by atoms with E-state index >= 15 is 0 Å². The number of fused-ring (bicyclic) bond motifs is 2. The molecule has 1 fully saturated rings. The minimum absolute atomic E-state index is 0.111. The predicted octanol–water partition coefficient (Wildman–Crippen LogP) is 0.366. The van der Waals surface area contributed by atoms with E-state index in [0.29, 0.717) is 36.2 Å². The van der Waals surface area contributed by atoms with Crippen molar-refractivity contribution in [2.75, 3.05) is 13.2 Å². The van der Waals surface area contributed by atoms with Crippen molar-refractivity contribution in [3.63, 3.8) is 0 Å². The van der Waals surface area contributed by atoms with E-state index in [1.54, 1.807) is 10.6 Å². The van der Waals surface area contributed by atoms with Gasteiger partial charge < -0.3 is 15.4 Å². The van der Waals surface area contributed by atoms with Crippen molar-refractivity contribution in [3.05, 3.63) is 39.9 Å². The molecule has 0 spiro atoms. The number of aryl methyl sites for hydroxylation is 1. The summed E-state index contributed by atoms with van der Waals surface area (Å²) in [5.41, 5.74) is 5.91. The van der Waals surface area contributed by atoms with Crippen molar-refractivity contribution in [1.82, 2.24) is 14.5 Å². The highest BCUT2D eigenvalue weighted by Gasteiger charge is 2.31. The summed E-state index contributed by atoms with van der Waals surface area (Å²) in [5.74, 6) is -0.971. The van der Waals surface area contributed by atoms with E-state index in [0.717, 1.165) is 25.7 Å². The average molecular weight is 398 g/mol. The molecule has 3 heterocycles. The van der Waals surface area contributed by atoms with Crippen LogP contribution in [0.25, 0.3) is 10.9 Å². The third kappa shape index (κ3) is 3.59. The number of esters is 1. The first kappa shape index (κ1) is 19.1. The van der Waals surface area contributed by atoms with Gasteiger partial charge in [0, 0.05) is 19.5 Å². The second kappa shape index (κ2) is 7.65. The number of hydrogen-bond acceptors (Lipinski definition) is 6. The molecule has 0 saturated carbocycles. The smallest absolute Gasteiger partial charge is 0.338 e. The Hall–Kier alpha value is -3.23. The van der Waals surface area contributed by atoms with Gasteiger partial charge in [-0.1, -0.05) is 0 Å². The Bertz CT molecular complexity index is 1060. The van der Waals surface area contributed by atoms with Gasteiger partial charge in [-0.3, -0.25) is 19.0 Å². The Morgan fingerprint density at radius 3 is 2.79 bits per heavy atom. The molecule has 29 heavy (non-hydrogen) atoms. The first-order valence-corrected chi connectivity index (χ1v) is 9.75. The lowest BCUT2D eigenvalue weighted by Gasteiger charge is -2.33. The number of carbonyl (C=O) groups excluding carboxylic acids is 3. The van der Waals surface area contributed by atoms with Gasteiger partial charge in [-0.25, -0.2) is 9.78 Å². The van der Waals surface area contributed by atoms with Crippen LogP contribution < -0.4 is 11.3 Å². The SMILES string of the molecule is NC(=O)[C@@H]1CCCCN1C(=O)COC(=O)c1ccc2c(=O)n3c(nc2c1)CCC3. The van der Waals surface area contributed by atoms with Crippen LogP contribution in [0.5, 0.6) is 0 Å². The molecule has 1 saturated heterocycles. The third-order valence-electron chi connectivity index (χ3n) is 5.53. The number of piperidine rings is 1. The third-order valence-corrected chi connectivity index (χ3v) is 5.53. The summed E-state index contributed by atoms with van der Waals surface area (Å²) in [4.78, 5) is 54.7. The van der Waals surface area contributed by atoms with E-state index in [1.165, 1.54) is 17.0 Å². The molecule has 1 aromatic heterocycles. The largest absolute Gasteiger partial charge is 0.452 e. The van der Waals surface area contributed by atoms with Gasteiger partial charge in [-0.2, -0.15) is 0 Å². The molecule has 0 bridgehead atoms. The highest BCUT2D eigenvalue weighted by Crippen LogP contribution is 2.18. The van der Waals surface area contributed by atoms with Gasteiger partial charge in [0.05, 0.1) is 16.5 Å². The number of aromatic nitrogens is 2. The summed E-state index contributed by atoms with van der Waals surface area (Å²) in [5, 5.41) is 0.445. The van der Waals surface area contributed by atoms with Gasteiger partial charge in [0.25, 0.3) is 11.5 Å². The molecule has 0 aliphatic carbocycles. The van der Waals surface area contributed by atoms with Crippen LogP contribution in [0.2, 0.25) is 0 Å². The molecule has 9 heteroatoms. The summed E-state index contributed by atoms with van der Waals surface area (Å²) in [7, 11) is 0. The van der Waals surface area contributed by atoms with Gasteiger partial charge in [0.2, 0.25) is 5.91 Å². The molecule has 1 atom stereocenters. The number of nitrogens with zero attached hydrogens (tertiary/aromatic N) is 3. The van der Waals surface area contributed by atoms with Gasteiger partial charge in [0.1, 0.15) is 11.9 Å². The number of likely N-dealkylation sites (tertiary alicyclic amines) is 1. The summed E-state index contributed by atoms with van der Waals surface area (Å²) < 4.78 is 6.81. The summed E-state index contributed by atoms with van der Waals surface area (Å²) in [6, 6.07) is 3.90. The monoisotopic (exact) mass is 398 g/mol. The topological polar surface area (TPSA) is 125 Å². The quantitative estimate of drug-likeness (QED) is 0.742. The Kier molecular flexibility index (Phi) is 5.04. The molecule has 2 amide bonds. The number of primary amides is 1. The Morgan fingerprint density at radius 2 is 2.00 bits per heavy atom. The van der Waals surface area contributed by atoms with Crippen molar-refractivity contribution < 1.29 is 19.1 Å². The standard InChI is InChI=1S/C20H22N4O5/c21-18(26)15-4-1-2-8-23(15)17(25)11-29-20(28)12-6-7-13-14(10-12)22-16-5-3-9-24(16)19(13)27/h6-7,10,15H,1-5,8-9,11H2,(H2,21,26)/t15-/m0/s1. The Balaban J connectivity index is 1.48. The first-order chi connectivity index (χ1) is 14.0. The zero-order chi connectivity index (χ0) is 20.5. The minimum atomic E-state index is -0.685. The van der Waals surface area contributed by atoms with E-state index in [1.807, 2.05) is 0 Å². The zero-order valence-electron chi connectivity index (χ0n) is 15.9. The maximum atomic E-state index is 12.5. The van der Waals surface area contributed by atoms with Crippen LogP contribution in [0.4, 0.5) is 0 Å². The van der Waals surface area contributed by atoms with Crippen LogP contribution in [-0.2, 0) is 27.3 Å². The molecular weight excluding hydrogens is 376 g/mol. The number of benzene rings is 1. The number of carbonyl (C=O) groups is 3. The number of rotatable bonds is 4. The van der Waals surface area contributed by atoms with E-state index in [9.17, 15) is 19.2 Å². The van der Waals surface area contributed by atoms with E-state index in [-0.39, 0.29) is 11.1 Å². The van der Waals surface area contributed by atoms with Crippen molar-refractivity contribution in [3.8, 4) is 0 Å². The van der Waals surface area contributed by atoms with Crippen LogP contribution >= 0.6 is 0 Å². The van der Waals surface area contributed by atoms with Crippen molar-refractivity contribution in [1.29, 1.82) is 0 Å². The number of nitrogens with two attached hydrogens (primary N) is 1. The second-order valence-electron chi connectivity index (χ2n) is 7.40. The molecule has 2 aliphatic rings. The maximum Gasteiger partial charge on any atom is 0.338 e. The predicted molar refractivity (Wildman–Crippen MR) is 103 cm³/mol. The minimum Gasteiger partial charge on any atom is -0.452 e. The highest BCUT2D eigenvalue weighted by atomic mass is 16.5. The van der Waals surface area contributed by atoms with Crippen LogP contribution in [0.3, 0.4) is 0 Å². The Morgan fingerprint density at radius 1 is 1.17 bits per heavy atom. The summed E-state index contributed by atoms with van der Waals surface area (Å²) in [6.45, 7) is 0.603. The number of amides is 2. The fourth-order valence-electron chi connectivity index (χ4n) is 4.03. The van der Waals surface area contributed by atoms with Crippen LogP contribution in [0.15, 0.2) is 23.0 Å². The molecule has 9 nitrogen and oxygen atoms in total. The van der Waals surface area contributed by atoms with Crippen LogP contribution in [0, 0.1) is 0 Å². The molecule has 4 rings (SSSR count). The van der Waals surface area contributed by atoms with Crippen molar-refractivity contribution in [2.24, 2.45) is 5.73 Å². The van der Waals surface area contributed by atoms with E-state index in [2.05, 4.69) is 4.98 Å². The first-order valence-electron chi connectivity index (χ1n) is 9.75. The summed E-state index contributed by atoms with van der Waals surface area (Å²) >= 11 is 0. The van der Waals surface area contributed by atoms with Crippen molar-refractivity contribution in [2.45, 2.75) is 44.7 Å². The average Bonchev–Trinajstić information content (AvgIpc) is 3.20. The molecule has 152 valence electrons. The lowest BCUT2D eigenvalue weighted by Crippen LogP contribution is -2.51. The number of hydrogen-bond donors (Lipinski definition) is 1. The highest BCUT2D eigenvalue weighted by molar-refractivity contribution is 5.95. The molecule has 0 unspecified atom stereocenters. The van der Waals surface area contributed by atoms with Gasteiger partial charge in [-0.05, 0) is 43.9 Å². The molecule has 2 aliphatic heterocycles. The molecule has 2 N–H and O–H groups in total. The lowest BCUT2D eigenvalue weighted by molar-refractivity contribution is -0.143. The lowest BCUT2D eigenvalue weighted by atomic mass is 10.0. The van der Waals surface area contributed by atoms with Gasteiger partial charge >= 0.3 is 5.97 Å². The molecule has 0 radical (unpaired) electrons. The number of ether oxygens (including phenoxy) is 1. The van der Waals surface area contributed by atoms with Crippen LogP contribution in [-0.4, -0.2) is 51.4 Å². The maximum absolute atomic E-state index is 12.5.